The van der Waals surface area contributed by atoms with Crippen LogP contribution in [0.2, 0.25) is 0 Å². The lowest BCUT2D eigenvalue weighted by Gasteiger charge is -2.29. The average molecular weight is 739 g/mol. The van der Waals surface area contributed by atoms with Crippen molar-refractivity contribution in [1.29, 1.82) is 0 Å². The third-order valence-corrected chi connectivity index (χ3v) is 7.85. The van der Waals surface area contributed by atoms with E-state index in [2.05, 4.69) is 30.9 Å². The zero-order valence-corrected chi connectivity index (χ0v) is 28.5. The van der Waals surface area contributed by atoms with Crippen LogP contribution in [0.25, 0.3) is 22.9 Å². The maximum Gasteiger partial charge on any atom is 0.306 e. The van der Waals surface area contributed by atoms with Crippen LogP contribution in [-0.4, -0.2) is 60.3 Å². The maximum atomic E-state index is 13.8. The number of carboxylic acid groups (broad SMARTS) is 2. The van der Waals surface area contributed by atoms with Gasteiger partial charge in [-0.3, -0.25) is 19.2 Å². The molecule has 2 heterocycles. The van der Waals surface area contributed by atoms with Crippen molar-refractivity contribution in [3.05, 3.63) is 144 Å². The van der Waals surface area contributed by atoms with Crippen molar-refractivity contribution in [2.24, 2.45) is 0 Å². The summed E-state index contributed by atoms with van der Waals surface area (Å²) in [6, 6.07) is 28.8. The molecule has 0 spiro atoms. The summed E-state index contributed by atoms with van der Waals surface area (Å²) < 4.78 is 37.5. The van der Waals surface area contributed by atoms with Crippen LogP contribution < -0.4 is 10.6 Å². The number of amides is 2. The summed E-state index contributed by atoms with van der Waals surface area (Å²) in [7, 11) is 0. The van der Waals surface area contributed by atoms with Crippen molar-refractivity contribution in [2.75, 3.05) is 0 Å². The summed E-state index contributed by atoms with van der Waals surface area (Å²) in [6.07, 6.45) is -0.281. The Morgan fingerprint density at radius 3 is 1.67 bits per heavy atom. The Hall–Kier alpha value is -7.10. The number of aromatic nitrogens is 4. The predicted octanol–water partition coefficient (Wildman–Crippen LogP) is 5.69. The fourth-order valence-electron chi connectivity index (χ4n) is 5.29. The number of carboxylic acids is 2. The minimum atomic E-state index is -1.19. The molecule has 0 saturated heterocycles. The van der Waals surface area contributed by atoms with Gasteiger partial charge in [-0.25, -0.2) is 8.78 Å². The lowest BCUT2D eigenvalue weighted by atomic mass is 9.88. The smallest absolute Gasteiger partial charge is 0.306 e. The highest BCUT2D eigenvalue weighted by molar-refractivity contribution is 5.92. The average Bonchev–Trinajstić information content (AvgIpc) is 3.84. The molecule has 276 valence electrons. The number of nitrogens with one attached hydrogen (secondary N) is 2. The Morgan fingerprint density at radius 1 is 0.685 bits per heavy atom. The van der Waals surface area contributed by atoms with Gasteiger partial charge in [0.2, 0.25) is 0 Å². The van der Waals surface area contributed by atoms with Gasteiger partial charge in [0.25, 0.3) is 35.2 Å². The molecule has 2 amide bonds. The molecule has 4 aromatic carbocycles. The number of aliphatic carboxylic acids is 2. The van der Waals surface area contributed by atoms with Crippen molar-refractivity contribution in [3.63, 3.8) is 0 Å². The molecule has 6 rings (SSSR count). The van der Waals surface area contributed by atoms with Crippen LogP contribution in [0.5, 0.6) is 0 Å². The summed E-state index contributed by atoms with van der Waals surface area (Å²) in [5.74, 6) is -5.55. The molecular weight excluding hydrogens is 706 g/mol. The third kappa shape index (κ3) is 10.0. The number of carbonyl (C=O) groups is 4. The fraction of sp³-hybridized carbons (Fsp3) is 0.158. The summed E-state index contributed by atoms with van der Waals surface area (Å²) in [5, 5.41) is 30.7. The van der Waals surface area contributed by atoms with Gasteiger partial charge in [0.05, 0.1) is 29.5 Å². The number of nitrogens with zero attached hydrogens (tertiary/aromatic N) is 4. The van der Waals surface area contributed by atoms with Crippen molar-refractivity contribution in [1.82, 2.24) is 30.9 Å². The highest BCUT2D eigenvalue weighted by Crippen LogP contribution is 2.26. The summed E-state index contributed by atoms with van der Waals surface area (Å²) in [4.78, 5) is 55.2. The highest BCUT2D eigenvalue weighted by atomic mass is 19.1. The van der Waals surface area contributed by atoms with E-state index in [-0.39, 0.29) is 47.4 Å². The van der Waals surface area contributed by atoms with Crippen LogP contribution in [-0.2, 0) is 21.5 Å². The Morgan fingerprint density at radius 2 is 1.17 bits per heavy atom. The largest absolute Gasteiger partial charge is 0.481 e. The number of halogens is 2. The Kier molecular flexibility index (Phi) is 12.3. The van der Waals surface area contributed by atoms with Gasteiger partial charge in [0, 0.05) is 6.04 Å². The number of benzene rings is 4. The van der Waals surface area contributed by atoms with Crippen molar-refractivity contribution < 1.29 is 47.2 Å². The topological polar surface area (TPSA) is 211 Å². The molecule has 2 aromatic heterocycles. The van der Waals surface area contributed by atoms with E-state index in [1.165, 1.54) is 36.4 Å². The molecule has 0 saturated carbocycles. The van der Waals surface area contributed by atoms with Crippen LogP contribution in [0.3, 0.4) is 0 Å². The first-order valence-electron chi connectivity index (χ1n) is 16.3. The maximum absolute atomic E-state index is 13.8. The SMILES string of the molecule is C[C@@](CC(=O)O)(NC(=O)c1noc(-c2ccccc2F)n1)c1ccccc1.O=C(O)C[C@@H](Cc1ccccc1)NC(=O)c1noc(-c2ccccc2F)n1. The number of carbonyl (C=O) groups excluding carboxylic acids is 2. The van der Waals surface area contributed by atoms with Crippen LogP contribution in [0.1, 0.15) is 52.1 Å². The molecule has 0 fully saturated rings. The molecule has 16 heteroatoms. The molecule has 2 atom stereocenters. The lowest BCUT2D eigenvalue weighted by molar-refractivity contribution is -0.139. The molecular formula is C38H32F2N6O8. The van der Waals surface area contributed by atoms with E-state index in [0.29, 0.717) is 12.0 Å². The Labute approximate surface area is 305 Å². The van der Waals surface area contributed by atoms with Crippen LogP contribution in [0, 0.1) is 11.6 Å². The minimum Gasteiger partial charge on any atom is -0.481 e. The third-order valence-electron chi connectivity index (χ3n) is 7.85. The molecule has 4 N–H and O–H groups in total. The summed E-state index contributed by atoms with van der Waals surface area (Å²) in [5.41, 5.74) is 0.446. The molecule has 54 heavy (non-hydrogen) atoms. The molecule has 0 aliphatic heterocycles. The first-order valence-corrected chi connectivity index (χ1v) is 16.3. The van der Waals surface area contributed by atoms with Gasteiger partial charge in [-0.05, 0) is 48.7 Å². The summed E-state index contributed by atoms with van der Waals surface area (Å²) >= 11 is 0. The minimum absolute atomic E-state index is 0.0698. The first kappa shape index (κ1) is 38.1. The fourth-order valence-corrected chi connectivity index (χ4v) is 5.29. The van der Waals surface area contributed by atoms with E-state index in [9.17, 15) is 33.1 Å². The molecule has 6 aromatic rings. The predicted molar refractivity (Wildman–Crippen MR) is 187 cm³/mol. The monoisotopic (exact) mass is 738 g/mol. The van der Waals surface area contributed by atoms with E-state index in [1.807, 2.05) is 30.3 Å². The Balaban J connectivity index is 0.000000208. The molecule has 0 radical (unpaired) electrons. The van der Waals surface area contributed by atoms with Crippen LogP contribution in [0.15, 0.2) is 118 Å². The second-order valence-electron chi connectivity index (χ2n) is 12.0. The quantitative estimate of drug-likeness (QED) is 0.113. The molecule has 14 nitrogen and oxygen atoms in total. The van der Waals surface area contributed by atoms with Crippen LogP contribution in [0.4, 0.5) is 8.78 Å². The van der Waals surface area contributed by atoms with Crippen molar-refractivity contribution in [2.45, 2.75) is 37.8 Å². The highest BCUT2D eigenvalue weighted by Gasteiger charge is 2.33. The van der Waals surface area contributed by atoms with Gasteiger partial charge in [0.15, 0.2) is 0 Å². The number of hydrogen-bond donors (Lipinski definition) is 4. The van der Waals surface area contributed by atoms with E-state index in [0.717, 1.165) is 5.56 Å². The van der Waals surface area contributed by atoms with Gasteiger partial charge >= 0.3 is 11.9 Å². The van der Waals surface area contributed by atoms with Gasteiger partial charge in [-0.2, -0.15) is 9.97 Å². The van der Waals surface area contributed by atoms with Gasteiger partial charge < -0.3 is 29.9 Å². The molecule has 0 unspecified atom stereocenters. The zero-order chi connectivity index (χ0) is 38.7. The van der Waals surface area contributed by atoms with Gasteiger partial charge in [-0.15, -0.1) is 0 Å². The van der Waals surface area contributed by atoms with Crippen molar-refractivity contribution in [3.8, 4) is 22.9 Å². The van der Waals surface area contributed by atoms with Crippen molar-refractivity contribution >= 4 is 23.8 Å². The van der Waals surface area contributed by atoms with E-state index < -0.39 is 47.0 Å². The Bertz CT molecular complexity index is 2230. The number of hydrogen-bond acceptors (Lipinski definition) is 10. The molecule has 0 aliphatic rings. The van der Waals surface area contributed by atoms with E-state index >= 15 is 0 Å². The molecule has 0 aliphatic carbocycles. The second kappa shape index (κ2) is 17.4. The zero-order valence-electron chi connectivity index (χ0n) is 28.5. The first-order chi connectivity index (χ1) is 25.9. The number of rotatable bonds is 13. The van der Waals surface area contributed by atoms with Gasteiger partial charge in [-0.1, -0.05) is 95.2 Å². The van der Waals surface area contributed by atoms with E-state index in [1.54, 1.807) is 49.4 Å². The lowest BCUT2D eigenvalue weighted by Crippen LogP contribution is -2.45. The standard InChI is InChI=1S/2C19H16FN3O4/c1-19(11-15(24)25,12-7-3-2-4-8-12)22-17(26)16-21-18(27-23-16)13-9-5-6-10-14(13)20;20-15-9-5-4-8-14(15)19-22-17(23-27-19)18(26)21-13(11-16(24)25)10-12-6-2-1-3-7-12/h2-10H,11H2,1H3,(H,22,26)(H,24,25);1-9,13H,10-11H2,(H,21,26)(H,24,25)/t19-;13-/m01/s1. The second-order valence-corrected chi connectivity index (χ2v) is 12.0. The molecule has 0 bridgehead atoms. The summed E-state index contributed by atoms with van der Waals surface area (Å²) in [6.45, 7) is 1.59. The van der Waals surface area contributed by atoms with Crippen LogP contribution >= 0.6 is 0 Å². The van der Waals surface area contributed by atoms with Gasteiger partial charge in [0.1, 0.15) is 11.6 Å². The van der Waals surface area contributed by atoms with E-state index in [4.69, 9.17) is 14.2 Å². The normalized spacial score (nSPS) is 12.4.